The van der Waals surface area contributed by atoms with Crippen LogP contribution in [0.2, 0.25) is 0 Å². The molecule has 1 atom stereocenters. The fourth-order valence-electron chi connectivity index (χ4n) is 5.39. The third-order valence-corrected chi connectivity index (χ3v) is 7.69. The van der Waals surface area contributed by atoms with Crippen LogP contribution >= 0.6 is 0 Å². The highest BCUT2D eigenvalue weighted by atomic mass is 19.4. The van der Waals surface area contributed by atoms with E-state index in [0.29, 0.717) is 18.5 Å². The van der Waals surface area contributed by atoms with Crippen LogP contribution < -0.4 is 11.4 Å². The Hall–Kier alpha value is -3.44. The summed E-state index contributed by atoms with van der Waals surface area (Å²) in [6.07, 6.45) is 0.982. The summed E-state index contributed by atoms with van der Waals surface area (Å²) in [4.78, 5) is 13.5. The van der Waals surface area contributed by atoms with Crippen LogP contribution in [0.1, 0.15) is 62.2 Å². The quantitative estimate of drug-likeness (QED) is 0.415. The number of ether oxygens (including phenoxy) is 1. The van der Waals surface area contributed by atoms with Gasteiger partial charge in [-0.2, -0.15) is 13.2 Å². The van der Waals surface area contributed by atoms with E-state index in [2.05, 4.69) is 10.2 Å². The van der Waals surface area contributed by atoms with Crippen LogP contribution in [0.25, 0.3) is 11.2 Å². The van der Waals surface area contributed by atoms with Gasteiger partial charge in [-0.1, -0.05) is 32.9 Å². The Morgan fingerprint density at radius 2 is 1.87 bits per heavy atom. The van der Waals surface area contributed by atoms with Crippen molar-refractivity contribution < 1.29 is 17.9 Å². The Morgan fingerprint density at radius 1 is 1.16 bits per heavy atom. The van der Waals surface area contributed by atoms with Gasteiger partial charge in [0.25, 0.3) is 0 Å². The predicted octanol–water partition coefficient (Wildman–Crippen LogP) is 4.38. The van der Waals surface area contributed by atoms with E-state index < -0.39 is 34.3 Å². The molecule has 11 heteroatoms. The molecule has 0 saturated heterocycles. The van der Waals surface area contributed by atoms with E-state index in [0.717, 1.165) is 21.9 Å². The van der Waals surface area contributed by atoms with Gasteiger partial charge in [-0.25, -0.2) is 4.79 Å². The summed E-state index contributed by atoms with van der Waals surface area (Å²) in [7, 11) is 3.52. The standard InChI is InChI=1S/C27H31F3N6O2/c1-25(2,3)22(31)16-9-20(27(28,29)30)21-14-35(24(37)36(21)13-16)18-8-6-7-17(10-18)26(11-19(12-26)38-5)23-33-32-15-34(23)4/h6-10,13-15,19,22H,11-12,31H2,1-5H3/t19-,22-,26+/m1/s1. The Morgan fingerprint density at radius 3 is 2.45 bits per heavy atom. The molecule has 0 bridgehead atoms. The van der Waals surface area contributed by atoms with E-state index >= 15 is 0 Å². The van der Waals surface area contributed by atoms with Gasteiger partial charge < -0.3 is 15.0 Å². The van der Waals surface area contributed by atoms with Gasteiger partial charge in [-0.05, 0) is 47.6 Å². The first-order chi connectivity index (χ1) is 17.8. The molecular weight excluding hydrogens is 497 g/mol. The second-order valence-electron chi connectivity index (χ2n) is 11.2. The van der Waals surface area contributed by atoms with Crippen molar-refractivity contribution >= 4 is 5.52 Å². The van der Waals surface area contributed by atoms with Crippen molar-refractivity contribution in [2.24, 2.45) is 18.2 Å². The molecule has 1 saturated carbocycles. The summed E-state index contributed by atoms with van der Waals surface area (Å²) in [6, 6.07) is 7.61. The molecule has 4 aromatic rings. The SMILES string of the molecule is CO[C@H]1C[C@@](c2cccc(-n3cc4c(C(F)(F)F)cc([C@@H](N)C(C)(C)C)cn4c3=O)c2)(c2nncn2C)C1. The maximum absolute atomic E-state index is 14.1. The number of nitrogens with two attached hydrogens (primary N) is 1. The molecule has 1 aliphatic carbocycles. The minimum Gasteiger partial charge on any atom is -0.381 e. The minimum absolute atomic E-state index is 0.0370. The number of methoxy groups -OCH3 is 1. The van der Waals surface area contributed by atoms with Crippen molar-refractivity contribution in [2.45, 2.75) is 57.3 Å². The maximum Gasteiger partial charge on any atom is 0.418 e. The predicted molar refractivity (Wildman–Crippen MR) is 136 cm³/mol. The molecule has 3 heterocycles. The largest absolute Gasteiger partial charge is 0.418 e. The Balaban J connectivity index is 1.67. The van der Waals surface area contributed by atoms with Gasteiger partial charge in [0.1, 0.15) is 12.2 Å². The summed E-state index contributed by atoms with van der Waals surface area (Å²) < 4.78 is 52.1. The van der Waals surface area contributed by atoms with Gasteiger partial charge in [0.15, 0.2) is 0 Å². The highest BCUT2D eigenvalue weighted by Crippen LogP contribution is 2.49. The Kier molecular flexibility index (Phi) is 6.07. The fourth-order valence-corrected chi connectivity index (χ4v) is 5.39. The molecule has 1 aromatic carbocycles. The molecule has 5 rings (SSSR count). The first-order valence-corrected chi connectivity index (χ1v) is 12.3. The average molecular weight is 529 g/mol. The monoisotopic (exact) mass is 528 g/mol. The zero-order valence-electron chi connectivity index (χ0n) is 22.0. The number of rotatable bonds is 5. The normalized spacial score (nSPS) is 21.0. The Bertz CT molecular complexity index is 1550. The number of halogens is 3. The van der Waals surface area contributed by atoms with E-state index in [1.165, 1.54) is 17.0 Å². The number of alkyl halides is 3. The lowest BCUT2D eigenvalue weighted by Gasteiger charge is -2.46. The number of imidazole rings is 1. The van der Waals surface area contributed by atoms with E-state index in [9.17, 15) is 18.0 Å². The maximum atomic E-state index is 14.1. The highest BCUT2D eigenvalue weighted by Gasteiger charge is 2.50. The van der Waals surface area contributed by atoms with Crippen LogP contribution in [0.15, 0.2) is 53.8 Å². The molecule has 0 radical (unpaired) electrons. The summed E-state index contributed by atoms with van der Waals surface area (Å²) in [6.45, 7) is 5.53. The molecule has 8 nitrogen and oxygen atoms in total. The molecule has 2 N–H and O–H groups in total. The van der Waals surface area contributed by atoms with Crippen molar-refractivity contribution in [1.82, 2.24) is 23.7 Å². The van der Waals surface area contributed by atoms with E-state index in [1.807, 2.05) is 44.5 Å². The summed E-state index contributed by atoms with van der Waals surface area (Å²) in [5, 5.41) is 8.38. The average Bonchev–Trinajstić information content (AvgIpc) is 3.40. The van der Waals surface area contributed by atoms with Gasteiger partial charge in [0.2, 0.25) is 0 Å². The number of aryl methyl sites for hydroxylation is 1. The van der Waals surface area contributed by atoms with Crippen LogP contribution in [0.5, 0.6) is 0 Å². The second-order valence-corrected chi connectivity index (χ2v) is 11.2. The smallest absolute Gasteiger partial charge is 0.381 e. The first kappa shape index (κ1) is 26.2. The lowest BCUT2D eigenvalue weighted by Crippen LogP contribution is -2.48. The van der Waals surface area contributed by atoms with Crippen molar-refractivity contribution in [3.63, 3.8) is 0 Å². The van der Waals surface area contributed by atoms with Crippen LogP contribution in [-0.2, 0) is 23.4 Å². The lowest BCUT2D eigenvalue weighted by molar-refractivity contribution is -0.136. The van der Waals surface area contributed by atoms with Gasteiger partial charge in [-0.3, -0.25) is 8.97 Å². The van der Waals surface area contributed by atoms with Crippen LogP contribution in [0.4, 0.5) is 13.2 Å². The molecule has 0 spiro atoms. The molecular formula is C27H31F3N6O2. The first-order valence-electron chi connectivity index (χ1n) is 12.3. The molecule has 202 valence electrons. The van der Waals surface area contributed by atoms with Crippen molar-refractivity contribution in [3.05, 3.63) is 82.1 Å². The number of hydrogen-bond donors (Lipinski definition) is 1. The third kappa shape index (κ3) is 4.14. The lowest BCUT2D eigenvalue weighted by atomic mass is 9.62. The third-order valence-electron chi connectivity index (χ3n) is 7.69. The van der Waals surface area contributed by atoms with Crippen LogP contribution in [-0.4, -0.2) is 36.9 Å². The van der Waals surface area contributed by atoms with Gasteiger partial charge in [0, 0.05) is 32.6 Å². The number of nitrogens with zero attached hydrogens (tertiary/aromatic N) is 5. The fraction of sp³-hybridized carbons (Fsp3) is 0.444. The van der Waals surface area contributed by atoms with Gasteiger partial charge >= 0.3 is 11.9 Å². The van der Waals surface area contributed by atoms with Gasteiger partial charge in [-0.15, -0.1) is 10.2 Å². The van der Waals surface area contributed by atoms with Crippen molar-refractivity contribution in [2.75, 3.05) is 7.11 Å². The molecule has 38 heavy (non-hydrogen) atoms. The number of fused-ring (bicyclic) bond motifs is 1. The molecule has 3 aromatic heterocycles. The second kappa shape index (κ2) is 8.81. The summed E-state index contributed by atoms with van der Waals surface area (Å²) >= 11 is 0. The van der Waals surface area contributed by atoms with Crippen LogP contribution in [0.3, 0.4) is 0 Å². The van der Waals surface area contributed by atoms with Crippen molar-refractivity contribution in [1.29, 1.82) is 0 Å². The zero-order valence-corrected chi connectivity index (χ0v) is 22.0. The van der Waals surface area contributed by atoms with Crippen molar-refractivity contribution in [3.8, 4) is 5.69 Å². The Labute approximate surface area is 217 Å². The molecule has 0 aliphatic heterocycles. The minimum atomic E-state index is -4.67. The number of aromatic nitrogens is 5. The van der Waals surface area contributed by atoms with E-state index in [4.69, 9.17) is 10.5 Å². The summed E-state index contributed by atoms with van der Waals surface area (Å²) in [5.41, 5.74) is 5.14. The summed E-state index contributed by atoms with van der Waals surface area (Å²) in [5.74, 6) is 0.762. The van der Waals surface area contributed by atoms with E-state index in [-0.39, 0.29) is 17.2 Å². The number of pyridine rings is 1. The molecule has 0 amide bonds. The molecule has 1 fully saturated rings. The zero-order chi connectivity index (χ0) is 27.6. The topological polar surface area (TPSA) is 92.4 Å². The van der Waals surface area contributed by atoms with Crippen LogP contribution in [0, 0.1) is 5.41 Å². The number of hydrogen-bond acceptors (Lipinski definition) is 5. The van der Waals surface area contributed by atoms with Gasteiger partial charge in [0.05, 0.1) is 28.3 Å². The molecule has 1 aliphatic rings. The highest BCUT2D eigenvalue weighted by molar-refractivity contribution is 5.58. The molecule has 0 unspecified atom stereocenters. The van der Waals surface area contributed by atoms with E-state index in [1.54, 1.807) is 25.6 Å². The number of benzene rings is 1.